The Morgan fingerprint density at radius 2 is 2.00 bits per heavy atom. The van der Waals surface area contributed by atoms with Gasteiger partial charge in [-0.1, -0.05) is 37.6 Å². The van der Waals surface area contributed by atoms with Crippen LogP contribution >= 0.6 is 0 Å². The third kappa shape index (κ3) is 3.44. The molecule has 0 aliphatic carbocycles. The van der Waals surface area contributed by atoms with E-state index in [0.29, 0.717) is 6.04 Å². The van der Waals surface area contributed by atoms with E-state index in [4.69, 9.17) is 0 Å². The number of rotatable bonds is 6. The third-order valence-electron chi connectivity index (χ3n) is 3.57. The van der Waals surface area contributed by atoms with E-state index in [-0.39, 0.29) is 0 Å². The predicted octanol–water partition coefficient (Wildman–Crippen LogP) is 3.10. The maximum absolute atomic E-state index is 4.27. The molecule has 0 radical (unpaired) electrons. The number of hydrogen-bond acceptors (Lipinski definition) is 2. The van der Waals surface area contributed by atoms with Crippen molar-refractivity contribution in [3.8, 4) is 0 Å². The maximum atomic E-state index is 4.27. The number of hydrogen-bond donors (Lipinski definition) is 1. The Labute approximate surface area is 115 Å². The van der Waals surface area contributed by atoms with E-state index in [2.05, 4.69) is 46.1 Å². The van der Waals surface area contributed by atoms with Gasteiger partial charge >= 0.3 is 0 Å². The molecule has 2 rings (SSSR count). The first-order valence-corrected chi connectivity index (χ1v) is 6.98. The van der Waals surface area contributed by atoms with Gasteiger partial charge in [0.1, 0.15) is 5.82 Å². The highest BCUT2D eigenvalue weighted by molar-refractivity contribution is 5.25. The summed E-state index contributed by atoms with van der Waals surface area (Å²) in [5.74, 6) is 1.06. The molecule has 0 bridgehead atoms. The zero-order chi connectivity index (χ0) is 13.7. The smallest absolute Gasteiger partial charge is 0.105 e. The first-order valence-electron chi connectivity index (χ1n) is 6.98. The standard InChI is InChI=1S/C16H23N3/c1-4-5-14-6-8-15(9-7-14)16(17-3)12-19-11-10-18-13(19)2/h6-11,16-17H,4-5,12H2,1-3H3. The number of benzene rings is 1. The van der Waals surface area contributed by atoms with Gasteiger partial charge in [-0.05, 0) is 31.5 Å². The second kappa shape index (κ2) is 6.53. The summed E-state index contributed by atoms with van der Waals surface area (Å²) >= 11 is 0. The number of likely N-dealkylation sites (N-methyl/N-ethyl adjacent to an activating group) is 1. The van der Waals surface area contributed by atoms with Crippen molar-refractivity contribution in [3.05, 3.63) is 53.6 Å². The van der Waals surface area contributed by atoms with Gasteiger partial charge in [-0.3, -0.25) is 0 Å². The van der Waals surface area contributed by atoms with Crippen LogP contribution in [-0.2, 0) is 13.0 Å². The lowest BCUT2D eigenvalue weighted by molar-refractivity contribution is 0.493. The normalized spacial score (nSPS) is 12.6. The van der Waals surface area contributed by atoms with Crippen molar-refractivity contribution in [3.63, 3.8) is 0 Å². The largest absolute Gasteiger partial charge is 0.333 e. The van der Waals surface area contributed by atoms with E-state index in [0.717, 1.165) is 18.8 Å². The summed E-state index contributed by atoms with van der Waals surface area (Å²) in [4.78, 5) is 4.27. The van der Waals surface area contributed by atoms with Gasteiger partial charge in [-0.15, -0.1) is 0 Å². The molecule has 1 heterocycles. The number of aromatic nitrogens is 2. The molecular formula is C16H23N3. The van der Waals surface area contributed by atoms with E-state index >= 15 is 0 Å². The Balaban J connectivity index is 2.11. The minimum atomic E-state index is 0.323. The number of aryl methyl sites for hydroxylation is 2. The van der Waals surface area contributed by atoms with Crippen LogP contribution in [0.5, 0.6) is 0 Å². The van der Waals surface area contributed by atoms with Gasteiger partial charge in [0.15, 0.2) is 0 Å². The Hall–Kier alpha value is -1.61. The molecule has 1 aromatic carbocycles. The highest BCUT2D eigenvalue weighted by Gasteiger charge is 2.10. The van der Waals surface area contributed by atoms with Gasteiger partial charge in [-0.25, -0.2) is 4.98 Å². The molecule has 0 saturated carbocycles. The van der Waals surface area contributed by atoms with Crippen molar-refractivity contribution < 1.29 is 0 Å². The van der Waals surface area contributed by atoms with E-state index < -0.39 is 0 Å². The number of nitrogens with zero attached hydrogens (tertiary/aromatic N) is 2. The van der Waals surface area contributed by atoms with Crippen LogP contribution in [0.4, 0.5) is 0 Å². The van der Waals surface area contributed by atoms with Crippen molar-refractivity contribution in [2.45, 2.75) is 39.3 Å². The molecule has 1 atom stereocenters. The molecule has 2 aromatic rings. The highest BCUT2D eigenvalue weighted by Crippen LogP contribution is 2.17. The minimum Gasteiger partial charge on any atom is -0.333 e. The zero-order valence-corrected chi connectivity index (χ0v) is 12.1. The molecule has 102 valence electrons. The average Bonchev–Trinajstić information content (AvgIpc) is 2.83. The van der Waals surface area contributed by atoms with Gasteiger partial charge in [0.05, 0.1) is 0 Å². The quantitative estimate of drug-likeness (QED) is 0.861. The maximum Gasteiger partial charge on any atom is 0.105 e. The summed E-state index contributed by atoms with van der Waals surface area (Å²) < 4.78 is 2.18. The van der Waals surface area contributed by atoms with Gasteiger partial charge in [0, 0.05) is 25.0 Å². The summed E-state index contributed by atoms with van der Waals surface area (Å²) in [5.41, 5.74) is 2.75. The lowest BCUT2D eigenvalue weighted by atomic mass is 10.0. The molecule has 1 unspecified atom stereocenters. The van der Waals surface area contributed by atoms with Crippen molar-refractivity contribution >= 4 is 0 Å². The van der Waals surface area contributed by atoms with Crippen molar-refractivity contribution in [1.82, 2.24) is 14.9 Å². The van der Waals surface area contributed by atoms with Gasteiger partial charge in [-0.2, -0.15) is 0 Å². The van der Waals surface area contributed by atoms with Crippen LogP contribution in [-0.4, -0.2) is 16.6 Å². The van der Waals surface area contributed by atoms with Gasteiger partial charge in [0.2, 0.25) is 0 Å². The molecule has 0 aliphatic rings. The molecule has 0 aliphatic heterocycles. The second-order valence-corrected chi connectivity index (χ2v) is 4.96. The van der Waals surface area contributed by atoms with Crippen LogP contribution in [0.3, 0.4) is 0 Å². The van der Waals surface area contributed by atoms with Crippen LogP contribution in [0.25, 0.3) is 0 Å². The topological polar surface area (TPSA) is 29.9 Å². The van der Waals surface area contributed by atoms with Crippen molar-refractivity contribution in [2.24, 2.45) is 0 Å². The molecule has 19 heavy (non-hydrogen) atoms. The predicted molar refractivity (Wildman–Crippen MR) is 79.2 cm³/mol. The van der Waals surface area contributed by atoms with E-state index in [1.807, 2.05) is 26.4 Å². The number of imidazole rings is 1. The third-order valence-corrected chi connectivity index (χ3v) is 3.57. The monoisotopic (exact) mass is 257 g/mol. The lowest BCUT2D eigenvalue weighted by Crippen LogP contribution is -2.22. The molecule has 1 N–H and O–H groups in total. The molecule has 0 amide bonds. The Bertz CT molecular complexity index is 499. The van der Waals surface area contributed by atoms with Gasteiger partial charge in [0.25, 0.3) is 0 Å². The van der Waals surface area contributed by atoms with Crippen LogP contribution in [0.2, 0.25) is 0 Å². The average molecular weight is 257 g/mol. The Morgan fingerprint density at radius 3 is 2.53 bits per heavy atom. The zero-order valence-electron chi connectivity index (χ0n) is 12.1. The molecule has 1 aromatic heterocycles. The van der Waals surface area contributed by atoms with E-state index in [1.54, 1.807) is 0 Å². The highest BCUT2D eigenvalue weighted by atomic mass is 15.1. The summed E-state index contributed by atoms with van der Waals surface area (Å²) in [7, 11) is 2.01. The summed E-state index contributed by atoms with van der Waals surface area (Å²) in [6.07, 6.45) is 6.24. The van der Waals surface area contributed by atoms with Crippen LogP contribution in [0.15, 0.2) is 36.7 Å². The first-order chi connectivity index (χ1) is 9.24. The van der Waals surface area contributed by atoms with E-state index in [9.17, 15) is 0 Å². The van der Waals surface area contributed by atoms with Crippen molar-refractivity contribution in [2.75, 3.05) is 7.05 Å². The fraction of sp³-hybridized carbons (Fsp3) is 0.438. The van der Waals surface area contributed by atoms with E-state index in [1.165, 1.54) is 17.5 Å². The van der Waals surface area contributed by atoms with Crippen LogP contribution in [0.1, 0.15) is 36.3 Å². The molecule has 0 saturated heterocycles. The first kappa shape index (κ1) is 13.8. The summed E-state index contributed by atoms with van der Waals surface area (Å²) in [6.45, 7) is 5.17. The fourth-order valence-corrected chi connectivity index (χ4v) is 2.36. The Kier molecular flexibility index (Phi) is 4.74. The molecule has 0 fully saturated rings. The van der Waals surface area contributed by atoms with Crippen molar-refractivity contribution in [1.29, 1.82) is 0 Å². The molecule has 0 spiro atoms. The second-order valence-electron chi connectivity index (χ2n) is 4.96. The summed E-state index contributed by atoms with van der Waals surface area (Å²) in [5, 5.41) is 3.39. The fourth-order valence-electron chi connectivity index (χ4n) is 2.36. The molecule has 3 heteroatoms. The van der Waals surface area contributed by atoms with Gasteiger partial charge < -0.3 is 9.88 Å². The Morgan fingerprint density at radius 1 is 1.26 bits per heavy atom. The summed E-state index contributed by atoms with van der Waals surface area (Å²) in [6, 6.07) is 9.27. The lowest BCUT2D eigenvalue weighted by Gasteiger charge is -2.18. The molecular weight excluding hydrogens is 234 g/mol. The minimum absolute atomic E-state index is 0.323. The van der Waals surface area contributed by atoms with Crippen LogP contribution < -0.4 is 5.32 Å². The number of nitrogens with one attached hydrogen (secondary N) is 1. The molecule has 3 nitrogen and oxygen atoms in total. The van der Waals surface area contributed by atoms with Crippen LogP contribution in [0, 0.1) is 6.92 Å². The SMILES string of the molecule is CCCc1ccc(C(Cn2ccnc2C)NC)cc1.